The van der Waals surface area contributed by atoms with Gasteiger partial charge < -0.3 is 21.3 Å². The van der Waals surface area contributed by atoms with Gasteiger partial charge in [-0.1, -0.05) is 13.0 Å². The van der Waals surface area contributed by atoms with E-state index in [0.29, 0.717) is 16.8 Å². The van der Waals surface area contributed by atoms with Crippen LogP contribution in [0.3, 0.4) is 0 Å². The fraction of sp³-hybridized carbons (Fsp3) is 0.471. The lowest BCUT2D eigenvalue weighted by molar-refractivity contribution is -0.123. The fourth-order valence-corrected chi connectivity index (χ4v) is 2.04. The van der Waals surface area contributed by atoms with Crippen molar-refractivity contribution < 1.29 is 14.4 Å². The molecule has 1 aromatic carbocycles. The Morgan fingerprint density at radius 2 is 1.79 bits per heavy atom. The van der Waals surface area contributed by atoms with Crippen molar-refractivity contribution in [3.8, 4) is 0 Å². The molecule has 0 aliphatic carbocycles. The number of hydrogen-bond donors (Lipinski definition) is 4. The Balaban J connectivity index is 2.72. The second-order valence-electron chi connectivity index (χ2n) is 5.70. The fourth-order valence-electron chi connectivity index (χ4n) is 2.04. The van der Waals surface area contributed by atoms with E-state index in [4.69, 9.17) is 0 Å². The molecule has 7 heteroatoms. The van der Waals surface area contributed by atoms with Gasteiger partial charge in [0.05, 0.1) is 0 Å². The molecule has 0 aliphatic heterocycles. The molecule has 0 saturated carbocycles. The van der Waals surface area contributed by atoms with E-state index in [9.17, 15) is 14.4 Å². The van der Waals surface area contributed by atoms with Crippen molar-refractivity contribution in [2.24, 2.45) is 0 Å². The highest BCUT2D eigenvalue weighted by atomic mass is 16.2. The van der Waals surface area contributed by atoms with Crippen LogP contribution in [0.4, 0.5) is 10.5 Å². The summed E-state index contributed by atoms with van der Waals surface area (Å²) in [7, 11) is 1.55. The Hall–Kier alpha value is -2.57. The Morgan fingerprint density at radius 3 is 2.38 bits per heavy atom. The molecule has 0 aliphatic rings. The van der Waals surface area contributed by atoms with Crippen molar-refractivity contribution in [1.29, 1.82) is 0 Å². The number of rotatable bonds is 6. The van der Waals surface area contributed by atoms with Gasteiger partial charge in [0.2, 0.25) is 5.91 Å². The maximum Gasteiger partial charge on any atom is 0.319 e. The monoisotopic (exact) mass is 334 g/mol. The Labute approximate surface area is 142 Å². The summed E-state index contributed by atoms with van der Waals surface area (Å²) in [6, 6.07) is 3.95. The number of amides is 4. The lowest BCUT2D eigenvalue weighted by Gasteiger charge is -2.18. The number of hydrogen-bond acceptors (Lipinski definition) is 3. The summed E-state index contributed by atoms with van der Waals surface area (Å²) >= 11 is 0. The van der Waals surface area contributed by atoms with E-state index in [1.807, 2.05) is 13.8 Å². The lowest BCUT2D eigenvalue weighted by Crippen LogP contribution is -2.48. The van der Waals surface area contributed by atoms with Crippen molar-refractivity contribution in [3.63, 3.8) is 0 Å². The summed E-state index contributed by atoms with van der Waals surface area (Å²) in [6.45, 7) is 7.24. The third-order valence-corrected chi connectivity index (χ3v) is 3.80. The van der Waals surface area contributed by atoms with E-state index < -0.39 is 12.1 Å². The molecule has 0 saturated heterocycles. The SMILES string of the molecule is CCC(C)NC(=O)C(C)NC(=O)Nc1cccc(C(=O)NC)c1C. The van der Waals surface area contributed by atoms with Crippen LogP contribution in [0.25, 0.3) is 0 Å². The van der Waals surface area contributed by atoms with E-state index in [1.54, 1.807) is 39.1 Å². The number of carbonyl (C=O) groups is 3. The molecule has 2 unspecified atom stereocenters. The molecule has 0 aromatic heterocycles. The Kier molecular flexibility index (Phi) is 7.23. The summed E-state index contributed by atoms with van der Waals surface area (Å²) < 4.78 is 0. The predicted octanol–water partition coefficient (Wildman–Crippen LogP) is 1.78. The second-order valence-corrected chi connectivity index (χ2v) is 5.70. The molecule has 4 amide bonds. The van der Waals surface area contributed by atoms with Crippen molar-refractivity contribution >= 4 is 23.5 Å². The minimum atomic E-state index is -0.665. The molecule has 132 valence electrons. The molecule has 1 aromatic rings. The molecule has 2 atom stereocenters. The maximum absolute atomic E-state index is 12.1. The van der Waals surface area contributed by atoms with E-state index in [0.717, 1.165) is 6.42 Å². The Bertz CT molecular complexity index is 616. The van der Waals surface area contributed by atoms with Gasteiger partial charge in [-0.3, -0.25) is 9.59 Å². The van der Waals surface area contributed by atoms with E-state index in [-0.39, 0.29) is 17.9 Å². The average Bonchev–Trinajstić information content (AvgIpc) is 2.55. The van der Waals surface area contributed by atoms with Crippen LogP contribution in [0, 0.1) is 6.92 Å². The van der Waals surface area contributed by atoms with Crippen molar-refractivity contribution in [2.75, 3.05) is 12.4 Å². The maximum atomic E-state index is 12.1. The van der Waals surface area contributed by atoms with Gasteiger partial charge >= 0.3 is 6.03 Å². The van der Waals surface area contributed by atoms with Crippen LogP contribution in [-0.4, -0.2) is 37.0 Å². The molecule has 1 rings (SSSR count). The number of urea groups is 1. The van der Waals surface area contributed by atoms with Crippen molar-refractivity contribution in [3.05, 3.63) is 29.3 Å². The van der Waals surface area contributed by atoms with Gasteiger partial charge in [-0.25, -0.2) is 4.79 Å². The summed E-state index contributed by atoms with van der Waals surface area (Å²) in [4.78, 5) is 35.8. The first-order chi connectivity index (χ1) is 11.3. The molecular weight excluding hydrogens is 308 g/mol. The normalized spacial score (nSPS) is 12.7. The molecule has 0 radical (unpaired) electrons. The highest BCUT2D eigenvalue weighted by Gasteiger charge is 2.18. The molecule has 0 heterocycles. The quantitative estimate of drug-likeness (QED) is 0.638. The minimum absolute atomic E-state index is 0.0521. The number of benzene rings is 1. The molecular formula is C17H26N4O3. The Morgan fingerprint density at radius 1 is 1.12 bits per heavy atom. The number of anilines is 1. The van der Waals surface area contributed by atoms with Crippen LogP contribution in [0.1, 0.15) is 43.1 Å². The highest BCUT2D eigenvalue weighted by molar-refractivity contribution is 5.99. The zero-order valence-electron chi connectivity index (χ0n) is 14.8. The zero-order chi connectivity index (χ0) is 18.3. The summed E-state index contributed by atoms with van der Waals surface area (Å²) in [5.41, 5.74) is 1.66. The third kappa shape index (κ3) is 5.26. The second kappa shape index (κ2) is 8.90. The van der Waals surface area contributed by atoms with Gasteiger partial charge in [-0.05, 0) is 44.9 Å². The molecule has 0 spiro atoms. The van der Waals surface area contributed by atoms with Crippen molar-refractivity contribution in [1.82, 2.24) is 16.0 Å². The summed E-state index contributed by atoms with van der Waals surface area (Å²) in [5, 5.41) is 10.6. The summed E-state index contributed by atoms with van der Waals surface area (Å²) in [5.74, 6) is -0.465. The summed E-state index contributed by atoms with van der Waals surface area (Å²) in [6.07, 6.45) is 0.816. The van der Waals surface area contributed by atoms with Gasteiger partial charge in [0.15, 0.2) is 0 Å². The average molecular weight is 334 g/mol. The van der Waals surface area contributed by atoms with Crippen molar-refractivity contribution in [2.45, 2.75) is 46.2 Å². The first kappa shape index (κ1) is 19.5. The molecule has 4 N–H and O–H groups in total. The zero-order valence-corrected chi connectivity index (χ0v) is 14.8. The molecule has 0 fully saturated rings. The van der Waals surface area contributed by atoms with Crippen LogP contribution < -0.4 is 21.3 Å². The van der Waals surface area contributed by atoms with Crippen LogP contribution in [0.15, 0.2) is 18.2 Å². The van der Waals surface area contributed by atoms with Crippen LogP contribution in [0.2, 0.25) is 0 Å². The molecule has 7 nitrogen and oxygen atoms in total. The standard InChI is InChI=1S/C17H26N4O3/c1-6-10(2)19-15(22)12(4)20-17(24)21-14-9-7-8-13(11(14)3)16(23)18-5/h7-10,12H,6H2,1-5H3,(H,18,23)(H,19,22)(H2,20,21,24). The topological polar surface area (TPSA) is 99.3 Å². The van der Waals surface area contributed by atoms with Crippen LogP contribution in [-0.2, 0) is 4.79 Å². The molecule has 24 heavy (non-hydrogen) atoms. The van der Waals surface area contributed by atoms with E-state index >= 15 is 0 Å². The predicted molar refractivity (Wildman–Crippen MR) is 94.1 cm³/mol. The number of nitrogens with one attached hydrogen (secondary N) is 4. The van der Waals surface area contributed by atoms with Gasteiger partial charge in [0.25, 0.3) is 5.91 Å². The van der Waals surface area contributed by atoms with Crippen LogP contribution >= 0.6 is 0 Å². The highest BCUT2D eigenvalue weighted by Crippen LogP contribution is 2.18. The van der Waals surface area contributed by atoms with Gasteiger partial charge in [-0.15, -0.1) is 0 Å². The van der Waals surface area contributed by atoms with Crippen LogP contribution in [0.5, 0.6) is 0 Å². The first-order valence-electron chi connectivity index (χ1n) is 7.99. The van der Waals surface area contributed by atoms with Gasteiger partial charge in [0.1, 0.15) is 6.04 Å². The first-order valence-corrected chi connectivity index (χ1v) is 7.99. The number of carbonyl (C=O) groups excluding carboxylic acids is 3. The van der Waals surface area contributed by atoms with E-state index in [2.05, 4.69) is 21.3 Å². The lowest BCUT2D eigenvalue weighted by atomic mass is 10.1. The third-order valence-electron chi connectivity index (χ3n) is 3.80. The van der Waals surface area contributed by atoms with Gasteiger partial charge in [0, 0.05) is 24.3 Å². The van der Waals surface area contributed by atoms with E-state index in [1.165, 1.54) is 0 Å². The smallest absolute Gasteiger partial charge is 0.319 e. The minimum Gasteiger partial charge on any atom is -0.355 e. The van der Waals surface area contributed by atoms with Gasteiger partial charge in [-0.2, -0.15) is 0 Å². The molecule has 0 bridgehead atoms. The largest absolute Gasteiger partial charge is 0.355 e.